The third-order valence-electron chi connectivity index (χ3n) is 5.52. The van der Waals surface area contributed by atoms with Gasteiger partial charge in [0.2, 0.25) is 5.91 Å². The number of hydrogen-bond acceptors (Lipinski definition) is 3. The molecule has 30 heavy (non-hydrogen) atoms. The molecule has 2 aromatic carbocycles. The number of anilines is 1. The summed E-state index contributed by atoms with van der Waals surface area (Å²) in [5, 5.41) is 3.57. The summed E-state index contributed by atoms with van der Waals surface area (Å²) in [4.78, 5) is 39.9. The van der Waals surface area contributed by atoms with Gasteiger partial charge < -0.3 is 14.8 Å². The lowest BCUT2D eigenvalue weighted by molar-refractivity contribution is -0.127. The van der Waals surface area contributed by atoms with Gasteiger partial charge in [-0.25, -0.2) is 0 Å². The Bertz CT molecular complexity index is 1090. The number of benzene rings is 2. The van der Waals surface area contributed by atoms with Crippen molar-refractivity contribution in [2.24, 2.45) is 0 Å². The first kappa shape index (κ1) is 19.9. The second kappa shape index (κ2) is 8.53. The highest BCUT2D eigenvalue weighted by atomic mass is 16.2. The van der Waals surface area contributed by atoms with Crippen molar-refractivity contribution in [1.29, 1.82) is 0 Å². The van der Waals surface area contributed by atoms with E-state index in [1.807, 2.05) is 55.5 Å². The van der Waals surface area contributed by atoms with Gasteiger partial charge in [-0.1, -0.05) is 35.9 Å². The van der Waals surface area contributed by atoms with Gasteiger partial charge in [0.25, 0.3) is 11.7 Å². The predicted octanol–water partition coefficient (Wildman–Crippen LogP) is 3.78. The van der Waals surface area contributed by atoms with E-state index in [0.717, 1.165) is 36.0 Å². The minimum absolute atomic E-state index is 0.0551. The highest BCUT2D eigenvalue weighted by Gasteiger charge is 2.27. The predicted molar refractivity (Wildman–Crippen MR) is 117 cm³/mol. The van der Waals surface area contributed by atoms with Gasteiger partial charge in [-0.15, -0.1) is 0 Å². The van der Waals surface area contributed by atoms with Crippen molar-refractivity contribution in [1.82, 2.24) is 9.47 Å². The summed E-state index contributed by atoms with van der Waals surface area (Å²) in [6.07, 6.45) is 4.58. The second-order valence-corrected chi connectivity index (χ2v) is 7.78. The summed E-state index contributed by atoms with van der Waals surface area (Å²) in [7, 11) is 0. The lowest BCUT2D eigenvalue weighted by Gasteiger charge is -2.25. The number of amides is 2. The van der Waals surface area contributed by atoms with E-state index < -0.39 is 11.7 Å². The van der Waals surface area contributed by atoms with Crippen LogP contribution in [0.4, 0.5) is 5.69 Å². The number of hydrogen-bond donors (Lipinski definition) is 1. The maximum atomic E-state index is 13.0. The molecule has 0 aliphatic carbocycles. The van der Waals surface area contributed by atoms with Crippen LogP contribution in [0.1, 0.15) is 35.2 Å². The van der Waals surface area contributed by atoms with Gasteiger partial charge in [0, 0.05) is 35.9 Å². The van der Waals surface area contributed by atoms with Crippen LogP contribution in [0.3, 0.4) is 0 Å². The molecule has 1 aromatic heterocycles. The number of piperidine rings is 1. The molecule has 1 N–H and O–H groups in total. The molecule has 1 fully saturated rings. The topological polar surface area (TPSA) is 71.4 Å². The number of Topliss-reactive ketones (excluding diaryl/α,β-unsaturated/α-hetero) is 1. The Hall–Kier alpha value is -3.41. The van der Waals surface area contributed by atoms with Gasteiger partial charge >= 0.3 is 0 Å². The Kier molecular flexibility index (Phi) is 5.65. The fraction of sp³-hybridized carbons (Fsp3) is 0.292. The molecular formula is C24H25N3O3. The average molecular weight is 403 g/mol. The van der Waals surface area contributed by atoms with Crippen LogP contribution in [0, 0.1) is 6.92 Å². The number of para-hydroxylation sites is 1. The highest BCUT2D eigenvalue weighted by molar-refractivity contribution is 6.44. The number of aromatic nitrogens is 1. The van der Waals surface area contributed by atoms with Crippen molar-refractivity contribution < 1.29 is 14.4 Å². The first-order valence-electron chi connectivity index (χ1n) is 10.3. The van der Waals surface area contributed by atoms with Crippen LogP contribution in [0.5, 0.6) is 0 Å². The molecule has 0 unspecified atom stereocenters. The van der Waals surface area contributed by atoms with Crippen LogP contribution in [-0.4, -0.2) is 40.2 Å². The van der Waals surface area contributed by atoms with E-state index in [4.69, 9.17) is 0 Å². The SMILES string of the molecule is Cc1ccc(NC(=O)Cn2cc(C(=O)C(=O)N3CCCCC3)c3ccccc32)cc1. The number of aryl methyl sites for hydroxylation is 1. The summed E-state index contributed by atoms with van der Waals surface area (Å²) < 4.78 is 1.73. The van der Waals surface area contributed by atoms with Crippen molar-refractivity contribution in [3.63, 3.8) is 0 Å². The molecule has 0 spiro atoms. The van der Waals surface area contributed by atoms with Crippen molar-refractivity contribution in [2.75, 3.05) is 18.4 Å². The molecule has 0 radical (unpaired) electrons. The zero-order chi connectivity index (χ0) is 21.1. The third kappa shape index (κ3) is 4.13. The number of carbonyl (C=O) groups is 3. The van der Waals surface area contributed by atoms with E-state index in [2.05, 4.69) is 5.32 Å². The first-order chi connectivity index (χ1) is 14.5. The van der Waals surface area contributed by atoms with Gasteiger partial charge in [-0.2, -0.15) is 0 Å². The molecule has 2 heterocycles. The van der Waals surface area contributed by atoms with Crippen molar-refractivity contribution in [2.45, 2.75) is 32.7 Å². The van der Waals surface area contributed by atoms with Gasteiger partial charge in [-0.3, -0.25) is 14.4 Å². The number of carbonyl (C=O) groups excluding carboxylic acids is 3. The molecule has 1 aliphatic rings. The van der Waals surface area contributed by atoms with Crippen molar-refractivity contribution >= 4 is 34.2 Å². The Balaban J connectivity index is 1.57. The van der Waals surface area contributed by atoms with Crippen LogP contribution in [0.2, 0.25) is 0 Å². The fourth-order valence-corrected chi connectivity index (χ4v) is 3.91. The van der Waals surface area contributed by atoms with Crippen LogP contribution in [0.25, 0.3) is 10.9 Å². The monoisotopic (exact) mass is 403 g/mol. The lowest BCUT2D eigenvalue weighted by Crippen LogP contribution is -2.40. The van der Waals surface area contributed by atoms with Gasteiger partial charge in [0.05, 0.1) is 5.56 Å². The molecule has 3 aromatic rings. The van der Waals surface area contributed by atoms with Gasteiger partial charge in [-0.05, 0) is 44.4 Å². The van der Waals surface area contributed by atoms with Crippen molar-refractivity contribution in [3.8, 4) is 0 Å². The molecule has 1 aliphatic heterocycles. The highest BCUT2D eigenvalue weighted by Crippen LogP contribution is 2.23. The maximum absolute atomic E-state index is 13.0. The molecular weight excluding hydrogens is 378 g/mol. The molecule has 6 nitrogen and oxygen atoms in total. The molecule has 6 heteroatoms. The average Bonchev–Trinajstić information content (AvgIpc) is 3.13. The van der Waals surface area contributed by atoms with Gasteiger partial charge in [0.1, 0.15) is 6.54 Å². The van der Waals surface area contributed by atoms with Crippen LogP contribution < -0.4 is 5.32 Å². The van der Waals surface area contributed by atoms with Crippen LogP contribution in [-0.2, 0) is 16.1 Å². The second-order valence-electron chi connectivity index (χ2n) is 7.78. The zero-order valence-corrected chi connectivity index (χ0v) is 17.1. The summed E-state index contributed by atoms with van der Waals surface area (Å²) >= 11 is 0. The Morgan fingerprint density at radius 3 is 2.37 bits per heavy atom. The van der Waals surface area contributed by atoms with Crippen LogP contribution >= 0.6 is 0 Å². The number of likely N-dealkylation sites (tertiary alicyclic amines) is 1. The van der Waals surface area contributed by atoms with E-state index in [1.54, 1.807) is 15.7 Å². The van der Waals surface area contributed by atoms with Crippen LogP contribution in [0.15, 0.2) is 54.7 Å². The third-order valence-corrected chi connectivity index (χ3v) is 5.52. The standard InChI is InChI=1S/C24H25N3O3/c1-17-9-11-18(12-10-17)25-22(28)16-27-15-20(19-7-3-4-8-21(19)27)23(29)24(30)26-13-5-2-6-14-26/h3-4,7-12,15H,2,5-6,13-14,16H2,1H3,(H,25,28). The van der Waals surface area contributed by atoms with E-state index in [-0.39, 0.29) is 12.5 Å². The molecule has 4 rings (SSSR count). The minimum atomic E-state index is -0.509. The normalized spacial score (nSPS) is 14.0. The van der Waals surface area contributed by atoms with Gasteiger partial charge in [0.15, 0.2) is 0 Å². The summed E-state index contributed by atoms with van der Waals surface area (Å²) in [6.45, 7) is 3.30. The number of ketones is 1. The number of fused-ring (bicyclic) bond motifs is 1. The Morgan fingerprint density at radius 2 is 1.63 bits per heavy atom. The fourth-order valence-electron chi connectivity index (χ4n) is 3.91. The minimum Gasteiger partial charge on any atom is -0.337 e. The zero-order valence-electron chi connectivity index (χ0n) is 17.1. The summed E-state index contributed by atoms with van der Waals surface area (Å²) in [5.41, 5.74) is 2.94. The van der Waals surface area contributed by atoms with E-state index in [1.165, 1.54) is 0 Å². The van der Waals surface area contributed by atoms with E-state index in [0.29, 0.717) is 24.0 Å². The molecule has 154 valence electrons. The molecule has 0 atom stereocenters. The van der Waals surface area contributed by atoms with E-state index >= 15 is 0 Å². The van der Waals surface area contributed by atoms with E-state index in [9.17, 15) is 14.4 Å². The maximum Gasteiger partial charge on any atom is 0.295 e. The lowest BCUT2D eigenvalue weighted by atomic mass is 10.1. The molecule has 2 amide bonds. The Labute approximate surface area is 175 Å². The quantitative estimate of drug-likeness (QED) is 0.521. The smallest absolute Gasteiger partial charge is 0.295 e. The largest absolute Gasteiger partial charge is 0.337 e. The molecule has 1 saturated heterocycles. The first-order valence-corrected chi connectivity index (χ1v) is 10.3. The molecule has 0 bridgehead atoms. The number of rotatable bonds is 5. The summed E-state index contributed by atoms with van der Waals surface area (Å²) in [5.74, 6) is -1.16. The summed E-state index contributed by atoms with van der Waals surface area (Å²) in [6, 6.07) is 14.9. The molecule has 0 saturated carbocycles. The van der Waals surface area contributed by atoms with Crippen molar-refractivity contribution in [3.05, 3.63) is 65.9 Å². The number of nitrogens with zero attached hydrogens (tertiary/aromatic N) is 2. The number of nitrogens with one attached hydrogen (secondary N) is 1. The Morgan fingerprint density at radius 1 is 0.933 bits per heavy atom.